The highest BCUT2D eigenvalue weighted by atomic mass is 19.1. The third-order valence-corrected chi connectivity index (χ3v) is 4.51. The van der Waals surface area contributed by atoms with Gasteiger partial charge in [-0.15, -0.1) is 0 Å². The molecule has 3 aromatic rings. The number of hydrogen-bond donors (Lipinski definition) is 4. The largest absolute Gasteiger partial charge is 0.386 e. The SMILES string of the molecule is C=C(C)F.C=O.CC(C)(C)C.CNCCCNc1nc(Nc2cccc(C)c2)ncc1-c1ccc(NC)c(F)c1. The molecule has 0 saturated carbocycles. The van der Waals surface area contributed by atoms with Crippen molar-refractivity contribution in [2.75, 3.05) is 43.1 Å². The first kappa shape index (κ1) is 36.1. The lowest BCUT2D eigenvalue weighted by Crippen LogP contribution is -2.14. The first-order valence-electron chi connectivity index (χ1n) is 13.0. The van der Waals surface area contributed by atoms with E-state index in [0.717, 1.165) is 41.9 Å². The number of nitrogens with zero attached hydrogens (tertiary/aromatic N) is 2. The molecule has 1 heterocycles. The highest BCUT2D eigenvalue weighted by Crippen LogP contribution is 2.30. The van der Waals surface area contributed by atoms with Crippen molar-refractivity contribution >= 4 is 29.9 Å². The van der Waals surface area contributed by atoms with Gasteiger partial charge in [0.15, 0.2) is 0 Å². The van der Waals surface area contributed by atoms with E-state index < -0.39 is 0 Å². The Bertz CT molecular complexity index is 1150. The highest BCUT2D eigenvalue weighted by Gasteiger charge is 2.12. The van der Waals surface area contributed by atoms with Crippen LogP contribution in [0, 0.1) is 18.2 Å². The van der Waals surface area contributed by atoms with Gasteiger partial charge in [0.25, 0.3) is 0 Å². The Morgan fingerprint density at radius 3 is 2.17 bits per heavy atom. The van der Waals surface area contributed by atoms with Crippen LogP contribution in [-0.2, 0) is 4.79 Å². The van der Waals surface area contributed by atoms with Crippen molar-refractivity contribution in [1.29, 1.82) is 0 Å². The van der Waals surface area contributed by atoms with Crippen molar-refractivity contribution in [2.45, 2.75) is 48.0 Å². The molecule has 1 aromatic heterocycles. The monoisotopic (exact) mass is 556 g/mol. The van der Waals surface area contributed by atoms with E-state index in [0.29, 0.717) is 22.9 Å². The Morgan fingerprint density at radius 1 is 1.02 bits per heavy atom. The van der Waals surface area contributed by atoms with E-state index in [1.807, 2.05) is 51.1 Å². The fourth-order valence-corrected chi connectivity index (χ4v) is 3.00. The quantitative estimate of drug-likeness (QED) is 0.200. The summed E-state index contributed by atoms with van der Waals surface area (Å²) in [4.78, 5) is 17.1. The van der Waals surface area contributed by atoms with Gasteiger partial charge in [0.2, 0.25) is 5.95 Å². The summed E-state index contributed by atoms with van der Waals surface area (Å²) < 4.78 is 25.1. The number of halogens is 2. The zero-order chi connectivity index (χ0) is 30.7. The predicted molar refractivity (Wildman–Crippen MR) is 167 cm³/mol. The fourth-order valence-electron chi connectivity index (χ4n) is 3.00. The second kappa shape index (κ2) is 19.2. The van der Waals surface area contributed by atoms with Gasteiger partial charge in [-0.05, 0) is 74.7 Å². The molecule has 0 spiro atoms. The number of carbonyl (C=O) groups excluding carboxylic acids is 1. The van der Waals surface area contributed by atoms with Crippen LogP contribution in [0.25, 0.3) is 11.1 Å². The molecule has 9 heteroatoms. The normalized spacial score (nSPS) is 9.95. The van der Waals surface area contributed by atoms with Gasteiger partial charge in [0, 0.05) is 31.0 Å². The summed E-state index contributed by atoms with van der Waals surface area (Å²) in [7, 11) is 3.62. The Labute approximate surface area is 238 Å². The molecule has 220 valence electrons. The Hall–Kier alpha value is -3.85. The summed E-state index contributed by atoms with van der Waals surface area (Å²) in [6.45, 7) is 18.6. The third-order valence-electron chi connectivity index (χ3n) is 4.51. The maximum Gasteiger partial charge on any atom is 0.229 e. The second-order valence-corrected chi connectivity index (χ2v) is 10.5. The Morgan fingerprint density at radius 2 is 1.65 bits per heavy atom. The number of nitrogens with one attached hydrogen (secondary N) is 4. The molecule has 0 fully saturated rings. The number of aromatic nitrogens is 2. The molecule has 0 bridgehead atoms. The second-order valence-electron chi connectivity index (χ2n) is 10.5. The van der Waals surface area contributed by atoms with Crippen molar-refractivity contribution < 1.29 is 13.6 Å². The lowest BCUT2D eigenvalue weighted by atomic mass is 10.0. The third kappa shape index (κ3) is 16.2. The van der Waals surface area contributed by atoms with Crippen LogP contribution in [0.5, 0.6) is 0 Å². The van der Waals surface area contributed by atoms with E-state index in [2.05, 4.69) is 65.5 Å². The van der Waals surface area contributed by atoms with Crippen LogP contribution in [0.3, 0.4) is 0 Å². The molecule has 4 N–H and O–H groups in total. The Kier molecular flexibility index (Phi) is 17.4. The van der Waals surface area contributed by atoms with E-state index in [1.54, 1.807) is 19.3 Å². The number of allylic oxidation sites excluding steroid dienone is 1. The molecule has 0 atom stereocenters. The van der Waals surface area contributed by atoms with Crippen molar-refractivity contribution in [3.8, 4) is 11.1 Å². The molecule has 0 unspecified atom stereocenters. The van der Waals surface area contributed by atoms with Gasteiger partial charge >= 0.3 is 0 Å². The molecule has 0 amide bonds. The van der Waals surface area contributed by atoms with Gasteiger partial charge in [0.1, 0.15) is 18.4 Å². The number of anilines is 4. The van der Waals surface area contributed by atoms with Gasteiger partial charge in [-0.3, -0.25) is 0 Å². The van der Waals surface area contributed by atoms with Gasteiger partial charge in [-0.2, -0.15) is 4.98 Å². The van der Waals surface area contributed by atoms with Gasteiger partial charge in [-0.25, -0.2) is 13.8 Å². The summed E-state index contributed by atoms with van der Waals surface area (Å²) in [5.41, 5.74) is 4.50. The summed E-state index contributed by atoms with van der Waals surface area (Å²) in [6.07, 6.45) is 2.66. The first-order valence-corrected chi connectivity index (χ1v) is 13.0. The van der Waals surface area contributed by atoms with E-state index in [4.69, 9.17) is 4.79 Å². The molecule has 0 saturated heterocycles. The number of aryl methyl sites for hydroxylation is 1. The summed E-state index contributed by atoms with van der Waals surface area (Å²) >= 11 is 0. The van der Waals surface area contributed by atoms with Crippen LogP contribution in [0.1, 0.15) is 46.6 Å². The topological polar surface area (TPSA) is 91.0 Å². The summed E-state index contributed by atoms with van der Waals surface area (Å²) in [5, 5.41) is 12.6. The van der Waals surface area contributed by atoms with Gasteiger partial charge in [0.05, 0.1) is 11.5 Å². The zero-order valence-corrected chi connectivity index (χ0v) is 25.2. The van der Waals surface area contributed by atoms with Crippen LogP contribution in [0.15, 0.2) is 61.1 Å². The highest BCUT2D eigenvalue weighted by molar-refractivity contribution is 5.77. The maximum atomic E-state index is 14.3. The molecule has 0 radical (unpaired) electrons. The van der Waals surface area contributed by atoms with Crippen LogP contribution in [0.4, 0.5) is 31.9 Å². The summed E-state index contributed by atoms with van der Waals surface area (Å²) in [5.74, 6) is 0.513. The molecule has 3 rings (SSSR count). The number of benzene rings is 2. The molecule has 2 aromatic carbocycles. The number of rotatable bonds is 9. The average Bonchev–Trinajstić information content (AvgIpc) is 2.87. The van der Waals surface area contributed by atoms with E-state index in [1.165, 1.54) is 13.0 Å². The molecule has 0 aliphatic rings. The molecule has 7 nitrogen and oxygen atoms in total. The maximum absolute atomic E-state index is 14.3. The first-order chi connectivity index (χ1) is 18.8. The minimum absolute atomic E-state index is 0.312. The van der Waals surface area contributed by atoms with Gasteiger partial charge < -0.3 is 26.1 Å². The van der Waals surface area contributed by atoms with Crippen molar-refractivity contribution in [1.82, 2.24) is 15.3 Å². The molecule has 0 aliphatic carbocycles. The minimum atomic E-state index is -0.333. The Balaban J connectivity index is 0.00000119. The van der Waals surface area contributed by atoms with E-state index in [-0.39, 0.29) is 11.6 Å². The minimum Gasteiger partial charge on any atom is -0.386 e. The van der Waals surface area contributed by atoms with Crippen LogP contribution >= 0.6 is 0 Å². The van der Waals surface area contributed by atoms with Crippen molar-refractivity contribution in [3.05, 3.63) is 72.4 Å². The zero-order valence-electron chi connectivity index (χ0n) is 25.2. The van der Waals surface area contributed by atoms with Crippen LogP contribution < -0.4 is 21.3 Å². The number of hydrogen-bond acceptors (Lipinski definition) is 7. The number of carbonyl (C=O) groups is 1. The lowest BCUT2D eigenvalue weighted by molar-refractivity contribution is -0.0980. The van der Waals surface area contributed by atoms with Gasteiger partial charge in [-0.1, -0.05) is 52.5 Å². The van der Waals surface area contributed by atoms with E-state index in [9.17, 15) is 8.78 Å². The molecular weight excluding hydrogens is 510 g/mol. The molecule has 40 heavy (non-hydrogen) atoms. The van der Waals surface area contributed by atoms with Crippen LogP contribution in [0.2, 0.25) is 0 Å². The standard InChI is InChI=1S/C22H27FN6.C5H12.C3H5F.CH2O/c1-15-6-4-7-17(12-15)28-22-27-14-18(21(29-22)26-11-5-10-24-2)16-8-9-20(25-3)19(23)13-16;1-5(2,3)4;1-3(2)4;1-2/h4,6-9,12-14,24-25H,5,10-11H2,1-3H3,(H2,26,27,28,29);1-4H3;1H2,2H3;1H2. The fraction of sp³-hybridized carbons (Fsp3) is 0.387. The van der Waals surface area contributed by atoms with Crippen molar-refractivity contribution in [2.24, 2.45) is 5.41 Å². The summed E-state index contributed by atoms with van der Waals surface area (Å²) in [6, 6.07) is 13.1. The molecule has 0 aliphatic heterocycles. The molecular formula is C31H46F2N6O. The average molecular weight is 557 g/mol. The van der Waals surface area contributed by atoms with E-state index >= 15 is 0 Å². The predicted octanol–water partition coefficient (Wildman–Crippen LogP) is 7.75. The van der Waals surface area contributed by atoms with Crippen LogP contribution in [-0.4, -0.2) is 43.9 Å². The lowest BCUT2D eigenvalue weighted by Gasteiger charge is -2.14. The smallest absolute Gasteiger partial charge is 0.229 e. The van der Waals surface area contributed by atoms with Crippen molar-refractivity contribution in [3.63, 3.8) is 0 Å².